The first-order chi connectivity index (χ1) is 21.1. The molecule has 1 aliphatic heterocycles. The minimum absolute atomic E-state index is 0.114. The zero-order chi connectivity index (χ0) is 29.0. The van der Waals surface area contributed by atoms with Gasteiger partial charge in [-0.1, -0.05) is 135 Å². The van der Waals surface area contributed by atoms with E-state index in [9.17, 15) is 0 Å². The van der Waals surface area contributed by atoms with E-state index in [1.165, 1.54) is 49.8 Å². The average molecular weight is 553 g/mol. The first kappa shape index (κ1) is 25.5. The highest BCUT2D eigenvalue weighted by Crippen LogP contribution is 2.55. The first-order valence-electron chi connectivity index (χ1n) is 15.0. The lowest BCUT2D eigenvalue weighted by atomic mass is 9.81. The van der Waals surface area contributed by atoms with Crippen molar-refractivity contribution in [3.63, 3.8) is 0 Å². The van der Waals surface area contributed by atoms with Crippen LogP contribution in [0.15, 0.2) is 157 Å². The molecule has 1 unspecified atom stereocenters. The van der Waals surface area contributed by atoms with Gasteiger partial charge in [0.2, 0.25) is 0 Å². The van der Waals surface area contributed by atoms with Crippen LogP contribution >= 0.6 is 0 Å². The number of hydrogen-bond acceptors (Lipinski definition) is 2. The van der Waals surface area contributed by atoms with Crippen molar-refractivity contribution in [1.29, 1.82) is 0 Å². The van der Waals surface area contributed by atoms with E-state index in [1.807, 2.05) is 0 Å². The summed E-state index contributed by atoms with van der Waals surface area (Å²) in [5, 5.41) is 2.48. The van der Waals surface area contributed by atoms with Crippen molar-refractivity contribution in [3.05, 3.63) is 168 Å². The summed E-state index contributed by atoms with van der Waals surface area (Å²) in [6, 6.07) is 50.2. The SMILES string of the molecule is CC1(C)c2ccccc2-c2c1cc1ccccc1c2N(c1ccc(-c2ccccc2)cc1)C1C=CC(c2ccccc2)=N1. The van der Waals surface area contributed by atoms with E-state index in [0.717, 1.165) is 17.0 Å². The Morgan fingerprint density at radius 2 is 1.23 bits per heavy atom. The topological polar surface area (TPSA) is 15.6 Å². The first-order valence-corrected chi connectivity index (χ1v) is 15.0. The number of nitrogens with zero attached hydrogens (tertiary/aromatic N) is 2. The zero-order valence-corrected chi connectivity index (χ0v) is 24.4. The summed E-state index contributed by atoms with van der Waals surface area (Å²) in [6.45, 7) is 4.71. The molecule has 1 aliphatic carbocycles. The van der Waals surface area contributed by atoms with Crippen LogP contribution in [0.3, 0.4) is 0 Å². The minimum Gasteiger partial charge on any atom is -0.314 e. The second-order valence-corrected chi connectivity index (χ2v) is 12.0. The Hall–Kier alpha value is -5.21. The molecular weight excluding hydrogens is 520 g/mol. The van der Waals surface area contributed by atoms with Crippen LogP contribution in [0, 0.1) is 0 Å². The molecular formula is C41H32N2. The van der Waals surface area contributed by atoms with Gasteiger partial charge < -0.3 is 4.90 Å². The van der Waals surface area contributed by atoms with Crippen LogP contribution in [0.2, 0.25) is 0 Å². The maximum atomic E-state index is 5.35. The van der Waals surface area contributed by atoms with E-state index in [0.29, 0.717) is 0 Å². The third-order valence-electron chi connectivity index (χ3n) is 9.09. The van der Waals surface area contributed by atoms with Crippen molar-refractivity contribution in [2.45, 2.75) is 25.4 Å². The van der Waals surface area contributed by atoms with Crippen LogP contribution in [0.25, 0.3) is 33.0 Å². The Morgan fingerprint density at radius 1 is 0.605 bits per heavy atom. The molecule has 0 saturated heterocycles. The van der Waals surface area contributed by atoms with Crippen molar-refractivity contribution in [2.75, 3.05) is 4.90 Å². The van der Waals surface area contributed by atoms with Gasteiger partial charge in [-0.2, -0.15) is 0 Å². The fourth-order valence-electron chi connectivity index (χ4n) is 6.92. The van der Waals surface area contributed by atoms with E-state index < -0.39 is 0 Å². The van der Waals surface area contributed by atoms with Gasteiger partial charge in [0.1, 0.15) is 6.17 Å². The van der Waals surface area contributed by atoms with Crippen molar-refractivity contribution >= 4 is 27.9 Å². The molecule has 8 rings (SSSR count). The number of hydrogen-bond donors (Lipinski definition) is 0. The van der Waals surface area contributed by atoms with Crippen LogP contribution in [0.5, 0.6) is 0 Å². The number of allylic oxidation sites excluding steroid dienone is 1. The summed E-state index contributed by atoms with van der Waals surface area (Å²) in [6.07, 6.45) is 4.23. The number of aliphatic imine (C=N–C) groups is 1. The molecule has 0 radical (unpaired) electrons. The Morgan fingerprint density at radius 3 is 2.00 bits per heavy atom. The summed E-state index contributed by atoms with van der Waals surface area (Å²) in [4.78, 5) is 7.81. The number of anilines is 2. The van der Waals surface area contributed by atoms with Gasteiger partial charge in [0.05, 0.1) is 11.4 Å². The summed E-state index contributed by atoms with van der Waals surface area (Å²) in [7, 11) is 0. The van der Waals surface area contributed by atoms with Gasteiger partial charge in [0, 0.05) is 22.1 Å². The van der Waals surface area contributed by atoms with Crippen LogP contribution in [0.4, 0.5) is 11.4 Å². The van der Waals surface area contributed by atoms with Crippen LogP contribution < -0.4 is 4.90 Å². The van der Waals surface area contributed by atoms with E-state index in [-0.39, 0.29) is 11.6 Å². The molecule has 2 heteroatoms. The van der Waals surface area contributed by atoms with Crippen molar-refractivity contribution in [3.8, 4) is 22.3 Å². The summed E-state index contributed by atoms with van der Waals surface area (Å²) < 4.78 is 0. The van der Waals surface area contributed by atoms with Gasteiger partial charge >= 0.3 is 0 Å². The fourth-order valence-corrected chi connectivity index (χ4v) is 6.92. The fraction of sp³-hybridized carbons (Fsp3) is 0.0976. The van der Waals surface area contributed by atoms with Gasteiger partial charge in [0.25, 0.3) is 0 Å². The molecule has 206 valence electrons. The highest BCUT2D eigenvalue weighted by atomic mass is 15.3. The molecule has 1 heterocycles. The molecule has 0 aromatic heterocycles. The van der Waals surface area contributed by atoms with E-state index >= 15 is 0 Å². The van der Waals surface area contributed by atoms with Gasteiger partial charge in [-0.3, -0.25) is 4.99 Å². The molecule has 0 spiro atoms. The zero-order valence-electron chi connectivity index (χ0n) is 24.4. The Kier molecular flexibility index (Phi) is 5.90. The molecule has 2 nitrogen and oxygen atoms in total. The predicted octanol–water partition coefficient (Wildman–Crippen LogP) is 10.3. The molecule has 6 aromatic carbocycles. The second-order valence-electron chi connectivity index (χ2n) is 12.0. The number of rotatable bonds is 5. The molecule has 0 fully saturated rings. The smallest absolute Gasteiger partial charge is 0.145 e. The molecule has 0 amide bonds. The third-order valence-corrected chi connectivity index (χ3v) is 9.09. The normalized spacial score (nSPS) is 16.1. The van der Waals surface area contributed by atoms with Crippen LogP contribution in [-0.2, 0) is 5.41 Å². The van der Waals surface area contributed by atoms with E-state index in [2.05, 4.69) is 170 Å². The Balaban J connectivity index is 1.39. The van der Waals surface area contributed by atoms with Gasteiger partial charge in [0.15, 0.2) is 0 Å². The monoisotopic (exact) mass is 552 g/mol. The lowest BCUT2D eigenvalue weighted by molar-refractivity contribution is 0.661. The van der Waals surface area contributed by atoms with Crippen LogP contribution in [-0.4, -0.2) is 11.9 Å². The molecule has 0 bridgehead atoms. The number of fused-ring (bicyclic) bond motifs is 4. The molecule has 2 aliphatic rings. The highest BCUT2D eigenvalue weighted by molar-refractivity contribution is 6.12. The molecule has 1 atom stereocenters. The lowest BCUT2D eigenvalue weighted by Gasteiger charge is -2.33. The summed E-state index contributed by atoms with van der Waals surface area (Å²) in [5.74, 6) is 0. The number of benzene rings is 6. The largest absolute Gasteiger partial charge is 0.314 e. The predicted molar refractivity (Wildman–Crippen MR) is 181 cm³/mol. The molecule has 0 N–H and O–H groups in total. The quantitative estimate of drug-likeness (QED) is 0.208. The van der Waals surface area contributed by atoms with Crippen molar-refractivity contribution in [1.82, 2.24) is 0 Å². The highest BCUT2D eigenvalue weighted by Gasteiger charge is 2.39. The maximum Gasteiger partial charge on any atom is 0.145 e. The molecule has 6 aromatic rings. The van der Waals surface area contributed by atoms with Crippen molar-refractivity contribution < 1.29 is 0 Å². The Labute approximate surface area is 253 Å². The standard InChI is InChI=1S/C41H32N2/c1-41(2)35-20-12-11-19-34(35)39-36(41)27-31-17-9-10-18-33(31)40(39)43(38-26-25-37(42-38)30-15-7-4-8-16-30)32-23-21-29(22-24-32)28-13-5-3-6-14-28/h3-27,38H,1-2H3. The molecule has 43 heavy (non-hydrogen) atoms. The van der Waals surface area contributed by atoms with Gasteiger partial charge in [-0.25, -0.2) is 0 Å². The van der Waals surface area contributed by atoms with Gasteiger partial charge in [-0.15, -0.1) is 0 Å². The van der Waals surface area contributed by atoms with Crippen LogP contribution in [0.1, 0.15) is 30.5 Å². The Bertz CT molecular complexity index is 2030. The lowest BCUT2D eigenvalue weighted by Crippen LogP contribution is -2.28. The molecule has 0 saturated carbocycles. The minimum atomic E-state index is -0.191. The third kappa shape index (κ3) is 4.13. The van der Waals surface area contributed by atoms with E-state index in [1.54, 1.807) is 0 Å². The summed E-state index contributed by atoms with van der Waals surface area (Å²) >= 11 is 0. The second kappa shape index (κ2) is 9.96. The summed E-state index contributed by atoms with van der Waals surface area (Å²) in [5.41, 5.74) is 12.1. The average Bonchev–Trinajstić information content (AvgIpc) is 3.63. The van der Waals surface area contributed by atoms with Crippen molar-refractivity contribution in [2.24, 2.45) is 4.99 Å². The maximum absolute atomic E-state index is 5.35. The van der Waals surface area contributed by atoms with Gasteiger partial charge in [-0.05, 0) is 69.1 Å². The van der Waals surface area contributed by atoms with E-state index in [4.69, 9.17) is 4.99 Å².